The van der Waals surface area contributed by atoms with Crippen LogP contribution in [0.25, 0.3) is 16.7 Å². The number of anilines is 3. The predicted octanol–water partition coefficient (Wildman–Crippen LogP) is 6.84. The third-order valence-corrected chi connectivity index (χ3v) is 16.2. The normalized spacial score (nSPS) is 23.6. The van der Waals surface area contributed by atoms with Crippen molar-refractivity contribution in [1.29, 1.82) is 0 Å². The summed E-state index contributed by atoms with van der Waals surface area (Å²) < 4.78 is 34.7. The molecule has 2 aromatic carbocycles. The average Bonchev–Trinajstić information content (AvgIpc) is 3.82. The number of benzene rings is 2. The number of hydrogen-bond donors (Lipinski definition) is 5. The second kappa shape index (κ2) is 17.9. The number of imide groups is 1. The molecule has 2 aromatic heterocycles. The summed E-state index contributed by atoms with van der Waals surface area (Å²) in [4.78, 5) is 39.7. The number of carbonyl (C=O) groups is 2. The highest BCUT2D eigenvalue weighted by Gasteiger charge is 2.44. The van der Waals surface area contributed by atoms with Crippen LogP contribution in [-0.2, 0) is 11.2 Å². The van der Waals surface area contributed by atoms with Gasteiger partial charge in [0, 0.05) is 105 Å². The maximum absolute atomic E-state index is 16.7. The molecule has 3 amide bonds. The fourth-order valence-corrected chi connectivity index (χ4v) is 12.3. The summed E-state index contributed by atoms with van der Waals surface area (Å²) in [5.74, 6) is -0.297. The van der Waals surface area contributed by atoms with Gasteiger partial charge in [-0.15, -0.1) is 0 Å². The molecule has 5 aliphatic heterocycles. The highest BCUT2D eigenvalue weighted by atomic mass is 19.1. The van der Waals surface area contributed by atoms with Gasteiger partial charge in [-0.3, -0.25) is 15.0 Å². The number of likely N-dealkylation sites (tertiary alicyclic amines) is 2. The number of phenols is 1. The number of fused-ring (bicyclic) bond motifs is 3. The number of allylic oxidation sites excluding steroid dienone is 1. The van der Waals surface area contributed by atoms with Crippen LogP contribution in [0.2, 0.25) is 0 Å². The SMILES string of the molecule is CCc1cn(C2CCC3(CC2)CCN(CC2(F)CCN(c4cc(N5C6CCC5CN(C(/C=C(\N)c5ccccc5O)=C(N)N)C6)ccc4F)CC2)CC3)c2ncc(N3CCC(=O)NC3=O)cc12. The van der Waals surface area contributed by atoms with Crippen molar-refractivity contribution in [1.82, 2.24) is 24.7 Å². The van der Waals surface area contributed by atoms with Gasteiger partial charge in [-0.05, 0) is 124 Å². The number of amides is 3. The molecule has 4 aromatic rings. The number of para-hydroxylation sites is 1. The van der Waals surface area contributed by atoms with Crippen molar-refractivity contribution in [3.8, 4) is 5.75 Å². The van der Waals surface area contributed by atoms with Gasteiger partial charge in [0.2, 0.25) is 5.91 Å². The fourth-order valence-electron chi connectivity index (χ4n) is 12.3. The topological polar surface area (TPSA) is 178 Å². The quantitative estimate of drug-likeness (QED) is 0.105. The zero-order valence-electron chi connectivity index (χ0n) is 38.6. The first-order chi connectivity index (χ1) is 32.3. The Kier molecular flexibility index (Phi) is 12.0. The number of pyridine rings is 1. The third-order valence-electron chi connectivity index (χ3n) is 16.2. The number of alkyl halides is 1. The number of aryl methyl sites for hydroxylation is 1. The van der Waals surface area contributed by atoms with Crippen LogP contribution in [0.15, 0.2) is 78.5 Å². The molecule has 6 aliphatic rings. The van der Waals surface area contributed by atoms with Crippen LogP contribution in [0.1, 0.15) is 94.7 Å². The van der Waals surface area contributed by atoms with E-state index < -0.39 is 11.7 Å². The third kappa shape index (κ3) is 8.73. The molecule has 1 saturated carbocycles. The summed E-state index contributed by atoms with van der Waals surface area (Å²) in [5.41, 5.74) is 23.7. The van der Waals surface area contributed by atoms with Crippen LogP contribution in [0.5, 0.6) is 5.75 Å². The molecule has 0 radical (unpaired) electrons. The van der Waals surface area contributed by atoms with Gasteiger partial charge in [0.1, 0.15) is 28.7 Å². The Hall–Kier alpha value is -6.03. The molecular formula is C51H65F2N11O3. The largest absolute Gasteiger partial charge is 0.507 e. The Bertz CT molecular complexity index is 2570. The first-order valence-electron chi connectivity index (χ1n) is 24.4. The maximum Gasteiger partial charge on any atom is 0.328 e. The number of phenolic OH excluding ortho intramolecular Hbond substituents is 1. The molecule has 7 heterocycles. The van der Waals surface area contributed by atoms with Crippen LogP contribution in [0, 0.1) is 11.2 Å². The summed E-state index contributed by atoms with van der Waals surface area (Å²) in [5, 5.41) is 13.9. The van der Waals surface area contributed by atoms with Gasteiger partial charge in [0.05, 0.1) is 23.3 Å². The van der Waals surface area contributed by atoms with Crippen LogP contribution < -0.4 is 37.2 Å². The first kappa shape index (κ1) is 44.8. The smallest absolute Gasteiger partial charge is 0.328 e. The molecule has 1 aliphatic carbocycles. The Morgan fingerprint density at radius 2 is 1.60 bits per heavy atom. The Morgan fingerprint density at radius 3 is 2.27 bits per heavy atom. The second-order valence-electron chi connectivity index (χ2n) is 20.2. The van der Waals surface area contributed by atoms with Crippen molar-refractivity contribution in [2.75, 3.05) is 67.1 Å². The van der Waals surface area contributed by atoms with Crippen LogP contribution in [-0.4, -0.2) is 107 Å². The lowest BCUT2D eigenvalue weighted by Crippen LogP contribution is -2.54. The minimum absolute atomic E-state index is 0.0815. The average molecular weight is 918 g/mol. The predicted molar refractivity (Wildman–Crippen MR) is 258 cm³/mol. The molecule has 10 rings (SSSR count). The standard InChI is InChI=1S/C51H65F2N11O3/c1-2-33-29-63(48-40(33)25-38(28-57-48)62-20-13-46(66)58-49(62)67)34-11-14-50(15-12-34)16-21-59(22-17-50)32-51(53)18-23-60(24-19-51)43-26-35(9-10-41(43)52)64-36-7-8-37(64)31-61(30-36)44(47(55)56)27-42(54)39-5-3-4-6-45(39)65/h3-6,9-10,25-29,34,36-37,65H,2,7-8,11-24,30-32,54-56H2,1H3,(H,58,66,67)/b42-27-. The number of rotatable bonds is 10. The van der Waals surface area contributed by atoms with Crippen LogP contribution in [0.4, 0.5) is 30.6 Å². The first-order valence-corrected chi connectivity index (χ1v) is 24.4. The molecular weight excluding hydrogens is 853 g/mol. The maximum atomic E-state index is 16.7. The highest BCUT2D eigenvalue weighted by Crippen LogP contribution is 2.49. The highest BCUT2D eigenvalue weighted by molar-refractivity contribution is 6.06. The molecule has 2 unspecified atom stereocenters. The molecule has 67 heavy (non-hydrogen) atoms. The van der Waals surface area contributed by atoms with Crippen LogP contribution >= 0.6 is 0 Å². The number of halogens is 2. The number of aromatic nitrogens is 2. The number of nitrogens with zero attached hydrogens (tertiary/aromatic N) is 7. The zero-order chi connectivity index (χ0) is 46.6. The van der Waals surface area contributed by atoms with E-state index >= 15 is 8.78 Å². The number of nitrogens with one attached hydrogen (secondary N) is 1. The van der Waals surface area contributed by atoms with Gasteiger partial charge in [0.25, 0.3) is 0 Å². The van der Waals surface area contributed by atoms with Crippen molar-refractivity contribution < 1.29 is 23.5 Å². The van der Waals surface area contributed by atoms with Gasteiger partial charge >= 0.3 is 6.03 Å². The lowest BCUT2D eigenvalue weighted by atomic mass is 9.67. The van der Waals surface area contributed by atoms with Crippen LogP contribution in [0.3, 0.4) is 0 Å². The lowest BCUT2D eigenvalue weighted by Gasteiger charge is -2.48. The zero-order valence-corrected chi connectivity index (χ0v) is 38.6. The van der Waals surface area contributed by atoms with Gasteiger partial charge < -0.3 is 46.5 Å². The molecule has 8 N–H and O–H groups in total. The van der Waals surface area contributed by atoms with E-state index in [1.54, 1.807) is 41.4 Å². The van der Waals surface area contributed by atoms with Gasteiger partial charge in [-0.2, -0.15) is 0 Å². The summed E-state index contributed by atoms with van der Waals surface area (Å²) in [7, 11) is 0. The van der Waals surface area contributed by atoms with Crippen molar-refractivity contribution in [3.05, 3.63) is 95.5 Å². The summed E-state index contributed by atoms with van der Waals surface area (Å²) in [6.07, 6.45) is 16.1. The minimum atomic E-state index is -1.32. The van der Waals surface area contributed by atoms with Gasteiger partial charge in [0.15, 0.2) is 0 Å². The number of nitrogens with two attached hydrogens (primary N) is 3. The van der Waals surface area contributed by atoms with E-state index in [1.165, 1.54) is 5.56 Å². The Morgan fingerprint density at radius 1 is 0.881 bits per heavy atom. The van der Waals surface area contributed by atoms with E-state index in [4.69, 9.17) is 22.2 Å². The molecule has 14 nitrogen and oxygen atoms in total. The molecule has 2 atom stereocenters. The summed E-state index contributed by atoms with van der Waals surface area (Å²) in [6.45, 7) is 6.95. The molecule has 356 valence electrons. The number of aromatic hydroxyl groups is 1. The Labute approximate surface area is 391 Å². The molecule has 2 bridgehead atoms. The van der Waals surface area contributed by atoms with Gasteiger partial charge in [-0.25, -0.2) is 18.6 Å². The molecule has 1 spiro atoms. The van der Waals surface area contributed by atoms with Crippen molar-refractivity contribution >= 4 is 45.7 Å². The van der Waals surface area contributed by atoms with E-state index in [0.29, 0.717) is 86.5 Å². The number of piperidine rings is 2. The van der Waals surface area contributed by atoms with Crippen molar-refractivity contribution in [2.45, 2.75) is 108 Å². The number of urea groups is 1. The van der Waals surface area contributed by atoms with Gasteiger partial charge in [-0.1, -0.05) is 19.1 Å². The lowest BCUT2D eigenvalue weighted by molar-refractivity contribution is -0.120. The van der Waals surface area contributed by atoms with Crippen molar-refractivity contribution in [2.24, 2.45) is 22.6 Å². The molecule has 5 saturated heterocycles. The minimum Gasteiger partial charge on any atom is -0.507 e. The van der Waals surface area contributed by atoms with E-state index in [0.717, 1.165) is 87.6 Å². The van der Waals surface area contributed by atoms with Crippen molar-refractivity contribution in [3.63, 3.8) is 0 Å². The number of carbonyl (C=O) groups excluding carboxylic acids is 2. The number of piperazine rings is 1. The van der Waals surface area contributed by atoms with E-state index in [-0.39, 0.29) is 47.2 Å². The Balaban J connectivity index is 0.724. The summed E-state index contributed by atoms with van der Waals surface area (Å²) >= 11 is 0. The monoisotopic (exact) mass is 918 g/mol. The summed E-state index contributed by atoms with van der Waals surface area (Å²) in [6, 6.07) is 14.6. The second-order valence-corrected chi connectivity index (χ2v) is 20.2. The van der Waals surface area contributed by atoms with E-state index in [9.17, 15) is 14.7 Å². The number of hydrogen-bond acceptors (Lipinski definition) is 11. The van der Waals surface area contributed by atoms with E-state index in [2.05, 4.69) is 37.7 Å². The fraction of sp³-hybridized carbons (Fsp3) is 0.510. The van der Waals surface area contributed by atoms with E-state index in [1.807, 2.05) is 29.2 Å². The molecule has 16 heteroatoms. The molecule has 6 fully saturated rings.